The molecule has 2 aromatic rings. The van der Waals surface area contributed by atoms with Gasteiger partial charge in [0.1, 0.15) is 0 Å². The second-order valence-electron chi connectivity index (χ2n) is 9.12. The molecule has 0 aromatic heterocycles. The molecule has 0 spiro atoms. The van der Waals surface area contributed by atoms with Crippen molar-refractivity contribution in [3.8, 4) is 0 Å². The number of nitrogens with one attached hydrogen (secondary N) is 1. The Balaban J connectivity index is 1.55. The molecular weight excluding hydrogens is 503 g/mol. The number of rotatable bonds is 8. The van der Waals surface area contributed by atoms with Crippen LogP contribution in [-0.2, 0) is 14.6 Å². The van der Waals surface area contributed by atoms with E-state index in [2.05, 4.69) is 11.9 Å². The van der Waals surface area contributed by atoms with Gasteiger partial charge >= 0.3 is 0 Å². The molecular formula is C25H25ClF3NO4S. The molecule has 2 saturated carbocycles. The first-order valence-corrected chi connectivity index (χ1v) is 13.2. The Kier molecular flexibility index (Phi) is 7.59. The zero-order valence-electron chi connectivity index (χ0n) is 18.8. The maximum Gasteiger partial charge on any atom is 0.255 e. The number of fused-ring (bicyclic) bond motifs is 2. The minimum absolute atomic E-state index is 0.00346. The largest absolute Gasteiger partial charge is 0.377 e. The van der Waals surface area contributed by atoms with Crippen molar-refractivity contribution in [3.05, 3.63) is 71.0 Å². The smallest absolute Gasteiger partial charge is 0.255 e. The van der Waals surface area contributed by atoms with Crippen LogP contribution in [-0.4, -0.2) is 32.8 Å². The number of anilines is 1. The van der Waals surface area contributed by atoms with Crippen molar-refractivity contribution in [1.82, 2.24) is 0 Å². The summed E-state index contributed by atoms with van der Waals surface area (Å²) in [7, 11) is -3.86. The number of amides is 1. The van der Waals surface area contributed by atoms with Crippen molar-refractivity contribution in [1.29, 1.82) is 0 Å². The molecule has 1 amide bonds. The van der Waals surface area contributed by atoms with E-state index in [1.54, 1.807) is 6.08 Å². The van der Waals surface area contributed by atoms with E-state index in [0.29, 0.717) is 25.3 Å². The number of carbonyl (C=O) groups excluding carboxylic acids is 1. The molecule has 0 heterocycles. The highest BCUT2D eigenvalue weighted by Crippen LogP contribution is 2.50. The zero-order valence-corrected chi connectivity index (χ0v) is 20.3. The highest BCUT2D eigenvalue weighted by molar-refractivity contribution is 7.92. The number of hydrogen-bond donors (Lipinski definition) is 1. The number of benzene rings is 2. The molecule has 0 radical (unpaired) electrons. The third kappa shape index (κ3) is 5.27. The molecule has 2 aliphatic rings. The molecule has 2 fully saturated rings. The average molecular weight is 528 g/mol. The number of halogens is 4. The van der Waals surface area contributed by atoms with Crippen molar-refractivity contribution >= 4 is 33.0 Å². The van der Waals surface area contributed by atoms with Gasteiger partial charge in [-0.05, 0) is 61.6 Å². The Morgan fingerprint density at radius 2 is 1.74 bits per heavy atom. The lowest BCUT2D eigenvalue weighted by Gasteiger charge is -2.35. The summed E-state index contributed by atoms with van der Waals surface area (Å²) in [6.07, 6.45) is 4.74. The first-order chi connectivity index (χ1) is 16.6. The molecule has 4 rings (SSSR count). The van der Waals surface area contributed by atoms with Crippen LogP contribution in [0.25, 0.3) is 0 Å². The maximum absolute atomic E-state index is 13.7. The van der Waals surface area contributed by atoms with Crippen molar-refractivity contribution in [2.24, 2.45) is 17.8 Å². The summed E-state index contributed by atoms with van der Waals surface area (Å²) in [6, 6.07) is 5.08. The van der Waals surface area contributed by atoms with Gasteiger partial charge in [0.15, 0.2) is 27.3 Å². The summed E-state index contributed by atoms with van der Waals surface area (Å²) < 4.78 is 73.1. The number of sulfone groups is 1. The lowest BCUT2D eigenvalue weighted by atomic mass is 9.81. The van der Waals surface area contributed by atoms with Crippen molar-refractivity contribution < 1.29 is 31.1 Å². The van der Waals surface area contributed by atoms with Crippen molar-refractivity contribution in [2.75, 3.05) is 18.5 Å². The fourth-order valence-electron chi connectivity index (χ4n) is 5.40. The molecule has 2 bridgehead atoms. The van der Waals surface area contributed by atoms with Gasteiger partial charge in [0, 0.05) is 30.0 Å². The Hall–Kier alpha value is -2.36. The molecule has 2 aromatic carbocycles. The molecule has 0 unspecified atom stereocenters. The van der Waals surface area contributed by atoms with E-state index in [4.69, 9.17) is 16.3 Å². The van der Waals surface area contributed by atoms with E-state index >= 15 is 0 Å². The van der Waals surface area contributed by atoms with E-state index in [9.17, 15) is 26.4 Å². The number of hydrogen-bond acceptors (Lipinski definition) is 4. The molecule has 1 N–H and O–H groups in total. The highest BCUT2D eigenvalue weighted by Gasteiger charge is 2.50. The topological polar surface area (TPSA) is 72.5 Å². The Morgan fingerprint density at radius 3 is 2.34 bits per heavy atom. The van der Waals surface area contributed by atoms with Gasteiger partial charge in [-0.25, -0.2) is 21.6 Å². The second-order valence-corrected chi connectivity index (χ2v) is 11.6. The van der Waals surface area contributed by atoms with Gasteiger partial charge in [0.2, 0.25) is 0 Å². The van der Waals surface area contributed by atoms with Crippen LogP contribution in [0.3, 0.4) is 0 Å². The predicted molar refractivity (Wildman–Crippen MR) is 127 cm³/mol. The van der Waals surface area contributed by atoms with E-state index in [1.165, 1.54) is 18.2 Å². The number of carbonyl (C=O) groups is 1. The van der Waals surface area contributed by atoms with Gasteiger partial charge < -0.3 is 10.1 Å². The van der Waals surface area contributed by atoms with Crippen LogP contribution >= 0.6 is 11.6 Å². The van der Waals surface area contributed by atoms with Gasteiger partial charge in [0.05, 0.1) is 21.8 Å². The van der Waals surface area contributed by atoms with Gasteiger partial charge in [-0.15, -0.1) is 6.58 Å². The van der Waals surface area contributed by atoms with E-state index < -0.39 is 38.4 Å². The molecule has 35 heavy (non-hydrogen) atoms. The van der Waals surface area contributed by atoms with Gasteiger partial charge in [-0.2, -0.15) is 0 Å². The summed E-state index contributed by atoms with van der Waals surface area (Å²) in [4.78, 5) is 12.5. The lowest BCUT2D eigenvalue weighted by molar-refractivity contribution is 0.0906. The van der Waals surface area contributed by atoms with Gasteiger partial charge in [-0.3, -0.25) is 4.79 Å². The first-order valence-electron chi connectivity index (χ1n) is 11.3. The molecule has 2 atom stereocenters. The highest BCUT2D eigenvalue weighted by atomic mass is 35.5. The van der Waals surface area contributed by atoms with Crippen LogP contribution in [0.2, 0.25) is 5.02 Å². The van der Waals surface area contributed by atoms with Crippen LogP contribution in [0.4, 0.5) is 18.9 Å². The molecule has 0 aliphatic heterocycles. The van der Waals surface area contributed by atoms with Crippen molar-refractivity contribution in [3.63, 3.8) is 0 Å². The fraction of sp³-hybridized carbons (Fsp3) is 0.400. The van der Waals surface area contributed by atoms with Gasteiger partial charge in [0.25, 0.3) is 5.91 Å². The zero-order chi connectivity index (χ0) is 25.3. The van der Waals surface area contributed by atoms with Crippen molar-refractivity contribution in [2.45, 2.75) is 35.8 Å². The van der Waals surface area contributed by atoms with Crippen LogP contribution < -0.4 is 5.32 Å². The second kappa shape index (κ2) is 10.3. The monoisotopic (exact) mass is 527 g/mol. The molecule has 2 aliphatic carbocycles. The SMILES string of the molecule is C=CCOCC1C[C@@H]2CC[C@@H](C1)C2S(=O)(=O)c1cc(C(=O)Nc2cc(F)c(F)c(F)c2)ccc1Cl. The third-order valence-electron chi connectivity index (χ3n) is 6.80. The molecule has 0 saturated heterocycles. The number of ether oxygens (including phenoxy) is 1. The Labute approximate surface area is 207 Å². The summed E-state index contributed by atoms with van der Waals surface area (Å²) in [5.74, 6) is -5.16. The van der Waals surface area contributed by atoms with Crippen LogP contribution in [0, 0.1) is 35.2 Å². The minimum Gasteiger partial charge on any atom is -0.377 e. The van der Waals surface area contributed by atoms with Gasteiger partial charge in [-0.1, -0.05) is 17.7 Å². The fourth-order valence-corrected chi connectivity index (χ4v) is 8.27. The third-order valence-corrected chi connectivity index (χ3v) is 9.68. The van der Waals surface area contributed by atoms with Crippen LogP contribution in [0.5, 0.6) is 0 Å². The van der Waals surface area contributed by atoms with E-state index in [-0.39, 0.29) is 38.9 Å². The normalized spacial score (nSPS) is 23.8. The Bertz CT molecular complexity index is 1220. The minimum atomic E-state index is -3.86. The van der Waals surface area contributed by atoms with E-state index in [1.807, 2.05) is 0 Å². The summed E-state index contributed by atoms with van der Waals surface area (Å²) in [5, 5.41) is 1.65. The molecule has 188 valence electrons. The summed E-state index contributed by atoms with van der Waals surface area (Å²) in [6.45, 7) is 4.65. The Morgan fingerprint density at radius 1 is 1.11 bits per heavy atom. The predicted octanol–water partition coefficient (Wildman–Crippen LogP) is 5.79. The van der Waals surface area contributed by atoms with Crippen LogP contribution in [0.1, 0.15) is 36.0 Å². The summed E-state index contributed by atoms with van der Waals surface area (Å²) in [5.41, 5.74) is -0.363. The molecule has 10 heteroatoms. The standard InChI is InChI=1S/C25H25ClF3NO4S/c1-2-7-34-13-14-8-15-3-4-16(9-14)24(15)35(32,33)22-10-17(5-6-19(22)26)25(31)30-18-11-20(27)23(29)21(28)12-18/h2,5-6,10-12,14-16,24H,1,3-4,7-9,13H2,(H,30,31)/t14?,15-,16-,24?/m0/s1. The maximum atomic E-state index is 13.7. The molecule has 5 nitrogen and oxygen atoms in total. The lowest BCUT2D eigenvalue weighted by Crippen LogP contribution is -2.38. The van der Waals surface area contributed by atoms with Crippen LogP contribution in [0.15, 0.2) is 47.9 Å². The summed E-state index contributed by atoms with van der Waals surface area (Å²) >= 11 is 6.27. The van der Waals surface area contributed by atoms with E-state index in [0.717, 1.165) is 25.7 Å². The quantitative estimate of drug-likeness (QED) is 0.268. The first kappa shape index (κ1) is 25.7. The average Bonchev–Trinajstić information content (AvgIpc) is 3.09.